The van der Waals surface area contributed by atoms with Gasteiger partial charge in [0.25, 0.3) is 0 Å². The van der Waals surface area contributed by atoms with E-state index < -0.39 is 0 Å². The highest BCUT2D eigenvalue weighted by Gasteiger charge is 2.07. The Morgan fingerprint density at radius 1 is 1.30 bits per heavy atom. The van der Waals surface area contributed by atoms with Crippen LogP contribution in [0.15, 0.2) is 0 Å². The molecule has 1 fully saturated rings. The number of piperazine rings is 1. The Bertz CT molecular complexity index is 73.4. The van der Waals surface area contributed by atoms with E-state index in [1.54, 1.807) is 0 Å². The summed E-state index contributed by atoms with van der Waals surface area (Å²) in [6, 6.07) is 0. The van der Waals surface area contributed by atoms with Gasteiger partial charge in [-0.1, -0.05) is 0 Å². The van der Waals surface area contributed by atoms with Gasteiger partial charge in [0.2, 0.25) is 0 Å². The molecule has 4 heteroatoms. The van der Waals surface area contributed by atoms with Crippen molar-refractivity contribution < 1.29 is 4.39 Å². The number of rotatable bonds is 2. The molecule has 0 bridgehead atoms. The maximum Gasteiger partial charge on any atom is 0.102 e. The molecule has 1 rings (SSSR count). The predicted octanol–water partition coefficient (Wildman–Crippen LogP) is 0.283. The van der Waals surface area contributed by atoms with Crippen LogP contribution in [0.5, 0.6) is 0 Å². The Hall–Kier alpha value is 0.140. The van der Waals surface area contributed by atoms with Crippen LogP contribution >= 0.6 is 12.4 Å². The smallest absolute Gasteiger partial charge is 0.102 e. The van der Waals surface area contributed by atoms with Crippen molar-refractivity contribution >= 4 is 12.4 Å². The third-order valence-corrected chi connectivity index (χ3v) is 1.61. The molecule has 62 valence electrons. The standard InChI is InChI=1S/C6H13FN2.ClH/c7-1-4-9-5-2-8-3-6-9;/h8H,1-6H2;1H. The van der Waals surface area contributed by atoms with Gasteiger partial charge in [-0.3, -0.25) is 4.90 Å². The van der Waals surface area contributed by atoms with Crippen molar-refractivity contribution in [3.63, 3.8) is 0 Å². The summed E-state index contributed by atoms with van der Waals surface area (Å²) < 4.78 is 11.7. The summed E-state index contributed by atoms with van der Waals surface area (Å²) in [7, 11) is 0. The molecule has 0 amide bonds. The summed E-state index contributed by atoms with van der Waals surface area (Å²) in [5.74, 6) is 0. The molecule has 0 aromatic rings. The van der Waals surface area contributed by atoms with E-state index in [-0.39, 0.29) is 19.1 Å². The van der Waals surface area contributed by atoms with Crippen molar-refractivity contribution in [2.24, 2.45) is 0 Å². The predicted molar refractivity (Wildman–Crippen MR) is 42.5 cm³/mol. The molecular weight excluding hydrogens is 155 g/mol. The van der Waals surface area contributed by atoms with Crippen molar-refractivity contribution in [1.82, 2.24) is 10.2 Å². The maximum atomic E-state index is 11.7. The van der Waals surface area contributed by atoms with Gasteiger partial charge >= 0.3 is 0 Å². The van der Waals surface area contributed by atoms with Gasteiger partial charge in [-0.15, -0.1) is 12.4 Å². The number of halogens is 2. The molecule has 1 aliphatic rings. The fraction of sp³-hybridized carbons (Fsp3) is 1.00. The average Bonchev–Trinajstić information content (AvgIpc) is 1.91. The maximum absolute atomic E-state index is 11.7. The zero-order valence-electron chi connectivity index (χ0n) is 5.98. The number of nitrogens with one attached hydrogen (secondary N) is 1. The monoisotopic (exact) mass is 168 g/mol. The highest BCUT2D eigenvalue weighted by atomic mass is 35.5. The van der Waals surface area contributed by atoms with E-state index in [0.29, 0.717) is 6.54 Å². The number of nitrogens with zero attached hydrogens (tertiary/aromatic N) is 1. The first kappa shape index (κ1) is 10.1. The van der Waals surface area contributed by atoms with E-state index in [1.807, 2.05) is 0 Å². The molecule has 1 aliphatic heterocycles. The fourth-order valence-electron chi connectivity index (χ4n) is 1.05. The molecule has 0 aromatic carbocycles. The van der Waals surface area contributed by atoms with Crippen LogP contribution in [0.3, 0.4) is 0 Å². The first-order valence-electron chi connectivity index (χ1n) is 3.42. The van der Waals surface area contributed by atoms with Gasteiger partial charge in [0.15, 0.2) is 0 Å². The van der Waals surface area contributed by atoms with Crippen LogP contribution < -0.4 is 5.32 Å². The van der Waals surface area contributed by atoms with Crippen molar-refractivity contribution in [2.45, 2.75) is 0 Å². The molecule has 0 radical (unpaired) electrons. The molecule has 0 aromatic heterocycles. The van der Waals surface area contributed by atoms with Crippen LogP contribution in [0.25, 0.3) is 0 Å². The van der Waals surface area contributed by atoms with Gasteiger partial charge in [0.1, 0.15) is 6.67 Å². The Balaban J connectivity index is 0.000000810. The fourth-order valence-corrected chi connectivity index (χ4v) is 1.05. The summed E-state index contributed by atoms with van der Waals surface area (Å²) in [6.07, 6.45) is 0. The molecule has 0 saturated carbocycles. The number of hydrogen-bond donors (Lipinski definition) is 1. The lowest BCUT2D eigenvalue weighted by Crippen LogP contribution is -2.44. The van der Waals surface area contributed by atoms with E-state index in [9.17, 15) is 4.39 Å². The summed E-state index contributed by atoms with van der Waals surface area (Å²) in [5.41, 5.74) is 0. The van der Waals surface area contributed by atoms with Crippen LogP contribution in [0.1, 0.15) is 0 Å². The van der Waals surface area contributed by atoms with Crippen LogP contribution in [0, 0.1) is 0 Å². The Kier molecular flexibility index (Phi) is 5.97. The van der Waals surface area contributed by atoms with Gasteiger partial charge in [0.05, 0.1) is 0 Å². The highest BCUT2D eigenvalue weighted by molar-refractivity contribution is 5.85. The molecule has 0 spiro atoms. The summed E-state index contributed by atoms with van der Waals surface area (Å²) in [5, 5.41) is 3.21. The van der Waals surface area contributed by atoms with Gasteiger partial charge in [-0.2, -0.15) is 0 Å². The molecule has 1 heterocycles. The number of hydrogen-bond acceptors (Lipinski definition) is 2. The van der Waals surface area contributed by atoms with Crippen LogP contribution in [-0.4, -0.2) is 44.3 Å². The van der Waals surface area contributed by atoms with Crippen LogP contribution in [0.4, 0.5) is 4.39 Å². The Morgan fingerprint density at radius 3 is 2.40 bits per heavy atom. The Labute approximate surface area is 67.2 Å². The minimum atomic E-state index is -0.208. The van der Waals surface area contributed by atoms with E-state index in [1.165, 1.54) is 0 Å². The average molecular weight is 169 g/mol. The molecule has 0 aliphatic carbocycles. The van der Waals surface area contributed by atoms with Crippen molar-refractivity contribution in [2.75, 3.05) is 39.4 Å². The van der Waals surface area contributed by atoms with Gasteiger partial charge in [0, 0.05) is 32.7 Å². The minimum Gasteiger partial charge on any atom is -0.314 e. The second-order valence-corrected chi connectivity index (χ2v) is 2.28. The quantitative estimate of drug-likeness (QED) is 0.638. The topological polar surface area (TPSA) is 15.3 Å². The van der Waals surface area contributed by atoms with Gasteiger partial charge in [-0.25, -0.2) is 4.39 Å². The minimum absolute atomic E-state index is 0. The molecule has 1 saturated heterocycles. The highest BCUT2D eigenvalue weighted by Crippen LogP contribution is 1.90. The summed E-state index contributed by atoms with van der Waals surface area (Å²) in [4.78, 5) is 2.14. The summed E-state index contributed by atoms with van der Waals surface area (Å²) >= 11 is 0. The first-order chi connectivity index (χ1) is 4.43. The lowest BCUT2D eigenvalue weighted by Gasteiger charge is -2.25. The zero-order chi connectivity index (χ0) is 6.53. The van der Waals surface area contributed by atoms with Crippen LogP contribution in [-0.2, 0) is 0 Å². The SMILES string of the molecule is Cl.FCCN1CCNCC1. The van der Waals surface area contributed by atoms with Gasteiger partial charge in [-0.05, 0) is 0 Å². The second kappa shape index (κ2) is 5.89. The van der Waals surface area contributed by atoms with Gasteiger partial charge < -0.3 is 5.32 Å². The molecule has 0 atom stereocenters. The van der Waals surface area contributed by atoms with E-state index >= 15 is 0 Å². The largest absolute Gasteiger partial charge is 0.314 e. The van der Waals surface area contributed by atoms with E-state index in [2.05, 4.69) is 10.2 Å². The van der Waals surface area contributed by atoms with Crippen molar-refractivity contribution in [3.8, 4) is 0 Å². The Morgan fingerprint density at radius 2 is 1.90 bits per heavy atom. The van der Waals surface area contributed by atoms with E-state index in [0.717, 1.165) is 26.2 Å². The second-order valence-electron chi connectivity index (χ2n) is 2.28. The molecule has 2 nitrogen and oxygen atoms in total. The lowest BCUT2D eigenvalue weighted by molar-refractivity contribution is 0.221. The molecular formula is C6H14ClFN2. The molecule has 1 N–H and O–H groups in total. The lowest BCUT2D eigenvalue weighted by atomic mass is 10.4. The third-order valence-electron chi connectivity index (χ3n) is 1.61. The van der Waals surface area contributed by atoms with Crippen molar-refractivity contribution in [1.29, 1.82) is 0 Å². The number of alkyl halides is 1. The van der Waals surface area contributed by atoms with Crippen molar-refractivity contribution in [3.05, 3.63) is 0 Å². The normalized spacial score (nSPS) is 20.1. The first-order valence-corrected chi connectivity index (χ1v) is 3.42. The van der Waals surface area contributed by atoms with Crippen LogP contribution in [0.2, 0.25) is 0 Å². The molecule has 10 heavy (non-hydrogen) atoms. The summed E-state index contributed by atoms with van der Waals surface area (Å²) in [6.45, 7) is 4.44. The molecule has 0 unspecified atom stereocenters. The van der Waals surface area contributed by atoms with E-state index in [4.69, 9.17) is 0 Å². The zero-order valence-corrected chi connectivity index (χ0v) is 6.79. The third kappa shape index (κ3) is 3.34.